The van der Waals surface area contributed by atoms with Crippen molar-refractivity contribution in [2.75, 3.05) is 13.1 Å². The molecule has 1 saturated heterocycles. The molecule has 2 rings (SSSR count). The van der Waals surface area contributed by atoms with Gasteiger partial charge in [0.15, 0.2) is 0 Å². The summed E-state index contributed by atoms with van der Waals surface area (Å²) in [6.07, 6.45) is 1.56. The van der Waals surface area contributed by atoms with E-state index in [0.717, 1.165) is 24.3 Å². The fourth-order valence-electron chi connectivity index (χ4n) is 1.78. The van der Waals surface area contributed by atoms with Gasteiger partial charge in [0.2, 0.25) is 10.0 Å². The Morgan fingerprint density at radius 1 is 1.53 bits per heavy atom. The van der Waals surface area contributed by atoms with Crippen LogP contribution in [0.1, 0.15) is 18.5 Å². The van der Waals surface area contributed by atoms with E-state index in [1.54, 1.807) is 5.38 Å². The van der Waals surface area contributed by atoms with E-state index in [2.05, 4.69) is 15.0 Å². The number of nitrogens with one attached hydrogen (secondary N) is 3. The molecule has 1 atom stereocenters. The molecular weight excluding hydrogens is 262 g/mol. The summed E-state index contributed by atoms with van der Waals surface area (Å²) in [4.78, 5) is 13.3. The first kappa shape index (κ1) is 12.7. The zero-order valence-electron chi connectivity index (χ0n) is 9.23. The molecule has 1 fully saturated rings. The lowest BCUT2D eigenvalue weighted by Gasteiger charge is -2.22. The number of hydrogen-bond acceptors (Lipinski definition) is 5. The van der Waals surface area contributed by atoms with Crippen LogP contribution in [0.4, 0.5) is 0 Å². The third-order valence-electron chi connectivity index (χ3n) is 2.73. The van der Waals surface area contributed by atoms with Crippen molar-refractivity contribution in [3.8, 4) is 0 Å². The lowest BCUT2D eigenvalue weighted by Crippen LogP contribution is -2.44. The second-order valence-corrected chi connectivity index (χ2v) is 6.90. The van der Waals surface area contributed by atoms with Crippen LogP contribution in [0.2, 0.25) is 0 Å². The lowest BCUT2D eigenvalue weighted by atomic mass is 10.2. The fraction of sp³-hybridized carbons (Fsp3) is 0.667. The third kappa shape index (κ3) is 3.38. The number of hydrogen-bond donors (Lipinski definition) is 3. The molecule has 0 amide bonds. The molecule has 96 valence electrons. The van der Waals surface area contributed by atoms with Crippen LogP contribution in [0.25, 0.3) is 0 Å². The molecule has 8 heteroatoms. The minimum atomic E-state index is -3.30. The highest BCUT2D eigenvalue weighted by molar-refractivity contribution is 7.90. The van der Waals surface area contributed by atoms with E-state index < -0.39 is 10.0 Å². The molecule has 0 bridgehead atoms. The van der Waals surface area contributed by atoms with Crippen LogP contribution in [0, 0.1) is 0 Å². The van der Waals surface area contributed by atoms with E-state index in [-0.39, 0.29) is 16.7 Å². The molecule has 1 aromatic heterocycles. The van der Waals surface area contributed by atoms with Gasteiger partial charge < -0.3 is 10.3 Å². The number of sulfonamides is 1. The smallest absolute Gasteiger partial charge is 0.304 e. The summed E-state index contributed by atoms with van der Waals surface area (Å²) in [6, 6.07) is 0. The van der Waals surface area contributed by atoms with Crippen LogP contribution in [0.5, 0.6) is 0 Å². The molecule has 2 heterocycles. The lowest BCUT2D eigenvalue weighted by molar-refractivity contribution is 0.489. The quantitative estimate of drug-likeness (QED) is 0.699. The van der Waals surface area contributed by atoms with E-state index in [1.165, 1.54) is 0 Å². The molecule has 1 aliphatic heterocycles. The Hall–Kier alpha value is -0.700. The highest BCUT2D eigenvalue weighted by atomic mass is 32.2. The predicted molar refractivity (Wildman–Crippen MR) is 66.6 cm³/mol. The van der Waals surface area contributed by atoms with Crippen molar-refractivity contribution in [1.82, 2.24) is 15.0 Å². The molecule has 1 unspecified atom stereocenters. The van der Waals surface area contributed by atoms with Crippen molar-refractivity contribution in [3.63, 3.8) is 0 Å². The first-order valence-corrected chi connectivity index (χ1v) is 7.86. The van der Waals surface area contributed by atoms with Gasteiger partial charge >= 0.3 is 4.87 Å². The van der Waals surface area contributed by atoms with Crippen LogP contribution in [0.15, 0.2) is 10.2 Å². The minimum Gasteiger partial charge on any atom is -0.315 e. The molecule has 0 aliphatic carbocycles. The number of aromatic nitrogens is 1. The molecule has 0 radical (unpaired) electrons. The summed E-state index contributed by atoms with van der Waals surface area (Å²) >= 11 is 1.03. The van der Waals surface area contributed by atoms with E-state index in [0.29, 0.717) is 18.7 Å². The van der Waals surface area contributed by atoms with Crippen LogP contribution in [-0.4, -0.2) is 31.7 Å². The Balaban J connectivity index is 1.95. The summed E-state index contributed by atoms with van der Waals surface area (Å²) in [6.45, 7) is 1.52. The molecule has 0 saturated carbocycles. The normalized spacial score (nSPS) is 21.5. The van der Waals surface area contributed by atoms with E-state index in [4.69, 9.17) is 0 Å². The average molecular weight is 277 g/mol. The number of H-pyrrole nitrogens is 1. The third-order valence-corrected chi connectivity index (χ3v) is 5.27. The largest absolute Gasteiger partial charge is 0.315 e. The Bertz CT molecular complexity index is 514. The number of rotatable bonds is 4. The molecule has 6 nitrogen and oxygen atoms in total. The SMILES string of the molecule is O=c1[nH]c(CNS(=O)(=O)C2CCCNC2)cs1. The standard InChI is InChI=1S/C9H15N3O3S2/c13-9-12-7(6-16-9)4-11-17(14,15)8-2-1-3-10-5-8/h6,8,10-11H,1-5H2,(H,12,13). The summed E-state index contributed by atoms with van der Waals surface area (Å²) in [5, 5.41) is 4.32. The van der Waals surface area contributed by atoms with Gasteiger partial charge in [0.05, 0.1) is 11.8 Å². The molecule has 1 aromatic rings. The van der Waals surface area contributed by atoms with Crippen LogP contribution >= 0.6 is 11.3 Å². The highest BCUT2D eigenvalue weighted by Gasteiger charge is 2.26. The van der Waals surface area contributed by atoms with Crippen molar-refractivity contribution in [1.29, 1.82) is 0 Å². The van der Waals surface area contributed by atoms with Crippen LogP contribution in [0.3, 0.4) is 0 Å². The second kappa shape index (κ2) is 5.30. The first-order chi connectivity index (χ1) is 8.08. The summed E-state index contributed by atoms with van der Waals surface area (Å²) in [5.74, 6) is 0. The van der Waals surface area contributed by atoms with E-state index >= 15 is 0 Å². The van der Waals surface area contributed by atoms with Gasteiger partial charge in [0.1, 0.15) is 0 Å². The summed E-state index contributed by atoms with van der Waals surface area (Å²) < 4.78 is 26.4. The minimum absolute atomic E-state index is 0.150. The Labute approximate surface area is 103 Å². The second-order valence-electron chi connectivity index (χ2n) is 4.01. The average Bonchev–Trinajstić information content (AvgIpc) is 2.74. The maximum atomic E-state index is 11.9. The van der Waals surface area contributed by atoms with Crippen LogP contribution < -0.4 is 14.9 Å². The van der Waals surface area contributed by atoms with Crippen molar-refractivity contribution in [2.45, 2.75) is 24.6 Å². The summed E-state index contributed by atoms with van der Waals surface area (Å²) in [7, 11) is -3.30. The Morgan fingerprint density at radius 3 is 2.94 bits per heavy atom. The molecule has 3 N–H and O–H groups in total. The molecule has 0 aromatic carbocycles. The number of thiazole rings is 1. The topological polar surface area (TPSA) is 91.1 Å². The highest BCUT2D eigenvalue weighted by Crippen LogP contribution is 2.10. The van der Waals surface area contributed by atoms with Gasteiger partial charge in [-0.15, -0.1) is 0 Å². The fourth-order valence-corrected chi connectivity index (χ4v) is 3.77. The van der Waals surface area contributed by atoms with E-state index in [9.17, 15) is 13.2 Å². The molecular formula is C9H15N3O3S2. The van der Waals surface area contributed by atoms with Gasteiger partial charge in [-0.3, -0.25) is 4.79 Å². The first-order valence-electron chi connectivity index (χ1n) is 5.44. The van der Waals surface area contributed by atoms with E-state index in [1.807, 2.05) is 0 Å². The Morgan fingerprint density at radius 2 is 2.35 bits per heavy atom. The Kier molecular flexibility index (Phi) is 3.97. The maximum absolute atomic E-state index is 11.9. The zero-order chi connectivity index (χ0) is 12.3. The van der Waals surface area contributed by atoms with Crippen LogP contribution in [-0.2, 0) is 16.6 Å². The van der Waals surface area contributed by atoms with Gasteiger partial charge in [-0.1, -0.05) is 11.3 Å². The number of aromatic amines is 1. The monoisotopic (exact) mass is 277 g/mol. The van der Waals surface area contributed by atoms with Crippen molar-refractivity contribution >= 4 is 21.4 Å². The predicted octanol–water partition coefficient (Wildman–Crippen LogP) is -0.392. The van der Waals surface area contributed by atoms with Gasteiger partial charge in [-0.25, -0.2) is 13.1 Å². The van der Waals surface area contributed by atoms with Gasteiger partial charge in [0.25, 0.3) is 0 Å². The van der Waals surface area contributed by atoms with Gasteiger partial charge in [0, 0.05) is 17.6 Å². The summed E-state index contributed by atoms with van der Waals surface area (Å²) in [5.41, 5.74) is 0.604. The van der Waals surface area contributed by atoms with Crippen molar-refractivity contribution in [2.24, 2.45) is 0 Å². The molecule has 1 aliphatic rings. The van der Waals surface area contributed by atoms with Gasteiger partial charge in [-0.2, -0.15) is 0 Å². The molecule has 17 heavy (non-hydrogen) atoms. The maximum Gasteiger partial charge on any atom is 0.304 e. The van der Waals surface area contributed by atoms with Crippen molar-refractivity contribution < 1.29 is 8.42 Å². The van der Waals surface area contributed by atoms with Gasteiger partial charge in [-0.05, 0) is 19.4 Å². The van der Waals surface area contributed by atoms with Crippen molar-refractivity contribution in [3.05, 3.63) is 20.7 Å². The zero-order valence-corrected chi connectivity index (χ0v) is 10.9. The number of piperidine rings is 1. The molecule has 0 spiro atoms.